The van der Waals surface area contributed by atoms with Gasteiger partial charge in [0.1, 0.15) is 0 Å². The third-order valence-corrected chi connectivity index (χ3v) is 5.85. The highest BCUT2D eigenvalue weighted by molar-refractivity contribution is 5.90. The van der Waals surface area contributed by atoms with Gasteiger partial charge in [-0.05, 0) is 66.4 Å². The van der Waals surface area contributed by atoms with Gasteiger partial charge in [0.15, 0.2) is 0 Å². The number of nitrogens with zero attached hydrogens (tertiary/aromatic N) is 3. The van der Waals surface area contributed by atoms with Crippen LogP contribution in [0, 0.1) is 13.8 Å². The van der Waals surface area contributed by atoms with Crippen molar-refractivity contribution in [3.8, 4) is 11.1 Å². The van der Waals surface area contributed by atoms with Crippen LogP contribution in [0.25, 0.3) is 22.0 Å². The quantitative estimate of drug-likeness (QED) is 0.345. The maximum absolute atomic E-state index is 4.93. The van der Waals surface area contributed by atoms with E-state index in [9.17, 15) is 0 Å². The summed E-state index contributed by atoms with van der Waals surface area (Å²) in [5.74, 6) is 0.0141. The summed E-state index contributed by atoms with van der Waals surface area (Å²) in [6.07, 6.45) is 5.59. The van der Waals surface area contributed by atoms with Crippen LogP contribution in [0.2, 0.25) is 0 Å². The molecule has 31 heavy (non-hydrogen) atoms. The van der Waals surface area contributed by atoms with Gasteiger partial charge in [0.2, 0.25) is 0 Å². The van der Waals surface area contributed by atoms with E-state index in [1.165, 1.54) is 27.6 Å². The minimum atomic E-state index is 0.0141. The van der Waals surface area contributed by atoms with Crippen LogP contribution >= 0.6 is 0 Å². The first-order valence-electron chi connectivity index (χ1n) is 10.5. The number of aryl methyl sites for hydroxylation is 2. The highest BCUT2D eigenvalue weighted by Crippen LogP contribution is 2.35. The molecular formula is C28H23N3. The van der Waals surface area contributed by atoms with E-state index < -0.39 is 0 Å². The fourth-order valence-corrected chi connectivity index (χ4v) is 4.43. The van der Waals surface area contributed by atoms with Gasteiger partial charge < -0.3 is 0 Å². The van der Waals surface area contributed by atoms with Crippen molar-refractivity contribution >= 4 is 10.9 Å². The molecular weight excluding hydrogens is 378 g/mol. The van der Waals surface area contributed by atoms with Gasteiger partial charge >= 0.3 is 0 Å². The second kappa shape index (κ2) is 8.11. The Kier molecular flexibility index (Phi) is 5.01. The van der Waals surface area contributed by atoms with Gasteiger partial charge in [0, 0.05) is 35.2 Å². The van der Waals surface area contributed by atoms with Gasteiger partial charge in [-0.15, -0.1) is 0 Å². The largest absolute Gasteiger partial charge is 0.264 e. The normalized spacial score (nSPS) is 12.1. The molecule has 5 rings (SSSR count). The van der Waals surface area contributed by atoms with E-state index >= 15 is 0 Å². The van der Waals surface area contributed by atoms with E-state index in [1.54, 1.807) is 0 Å². The first-order chi connectivity index (χ1) is 15.2. The van der Waals surface area contributed by atoms with Crippen molar-refractivity contribution in [2.45, 2.75) is 19.8 Å². The van der Waals surface area contributed by atoms with Crippen LogP contribution in [0.4, 0.5) is 0 Å². The molecule has 5 aromatic rings. The molecule has 0 bridgehead atoms. The Hall–Kier alpha value is -3.85. The van der Waals surface area contributed by atoms with Crippen molar-refractivity contribution in [3.63, 3.8) is 0 Å². The van der Waals surface area contributed by atoms with E-state index in [0.717, 1.165) is 22.5 Å². The highest BCUT2D eigenvalue weighted by atomic mass is 14.7. The first kappa shape index (κ1) is 19.1. The van der Waals surface area contributed by atoms with Crippen molar-refractivity contribution in [3.05, 3.63) is 126 Å². The van der Waals surface area contributed by atoms with Gasteiger partial charge in [-0.1, -0.05) is 48.5 Å². The molecule has 0 saturated heterocycles. The lowest BCUT2D eigenvalue weighted by molar-refractivity contribution is 0.911. The molecule has 0 radical (unpaired) electrons. The van der Waals surface area contributed by atoms with Gasteiger partial charge in [-0.2, -0.15) is 0 Å². The van der Waals surface area contributed by atoms with Crippen molar-refractivity contribution in [2.75, 3.05) is 0 Å². The van der Waals surface area contributed by atoms with Crippen LogP contribution in [0.1, 0.15) is 34.0 Å². The van der Waals surface area contributed by atoms with E-state index in [-0.39, 0.29) is 5.92 Å². The number of pyridine rings is 3. The molecule has 150 valence electrons. The van der Waals surface area contributed by atoms with Crippen LogP contribution in [0.15, 0.2) is 97.5 Å². The Morgan fingerprint density at radius 3 is 2.32 bits per heavy atom. The van der Waals surface area contributed by atoms with Crippen molar-refractivity contribution in [2.24, 2.45) is 0 Å². The van der Waals surface area contributed by atoms with Crippen LogP contribution < -0.4 is 0 Å². The third-order valence-electron chi connectivity index (χ3n) is 5.85. The van der Waals surface area contributed by atoms with Crippen LogP contribution in [-0.2, 0) is 0 Å². The molecule has 3 heterocycles. The molecule has 0 aliphatic rings. The Morgan fingerprint density at radius 1 is 0.742 bits per heavy atom. The lowest BCUT2D eigenvalue weighted by Gasteiger charge is -2.19. The Labute approximate surface area is 182 Å². The molecule has 0 fully saturated rings. The number of benzene rings is 2. The molecule has 0 N–H and O–H groups in total. The molecule has 3 heteroatoms. The van der Waals surface area contributed by atoms with Gasteiger partial charge in [0.25, 0.3) is 0 Å². The molecule has 0 spiro atoms. The maximum Gasteiger partial charge on any atom is 0.0708 e. The summed E-state index contributed by atoms with van der Waals surface area (Å²) in [5.41, 5.74) is 9.06. The topological polar surface area (TPSA) is 38.7 Å². The molecule has 3 nitrogen and oxygen atoms in total. The summed E-state index contributed by atoms with van der Waals surface area (Å²) in [7, 11) is 0. The summed E-state index contributed by atoms with van der Waals surface area (Å²) in [4.78, 5) is 14.0. The van der Waals surface area contributed by atoms with Gasteiger partial charge in [0.05, 0.1) is 17.1 Å². The predicted octanol–water partition coefficient (Wildman–Crippen LogP) is 6.49. The van der Waals surface area contributed by atoms with Gasteiger partial charge in [-0.25, -0.2) is 0 Å². The maximum atomic E-state index is 4.93. The van der Waals surface area contributed by atoms with Crippen molar-refractivity contribution in [1.29, 1.82) is 0 Å². The summed E-state index contributed by atoms with van der Waals surface area (Å²) in [6.45, 7) is 4.29. The van der Waals surface area contributed by atoms with Crippen LogP contribution in [-0.4, -0.2) is 15.0 Å². The van der Waals surface area contributed by atoms with E-state index in [2.05, 4.69) is 78.4 Å². The number of aromatic nitrogens is 3. The molecule has 1 atom stereocenters. The van der Waals surface area contributed by atoms with Crippen molar-refractivity contribution < 1.29 is 0 Å². The van der Waals surface area contributed by atoms with E-state index in [1.807, 2.05) is 42.9 Å². The zero-order chi connectivity index (χ0) is 21.2. The molecule has 3 aromatic heterocycles. The number of fused-ring (bicyclic) bond motifs is 1. The molecule has 0 aliphatic heterocycles. The summed E-state index contributed by atoms with van der Waals surface area (Å²) >= 11 is 0. The predicted molar refractivity (Wildman–Crippen MR) is 126 cm³/mol. The molecule has 0 amide bonds. The molecule has 0 aliphatic carbocycles. The second-order valence-electron chi connectivity index (χ2n) is 7.81. The highest BCUT2D eigenvalue weighted by Gasteiger charge is 2.20. The zero-order valence-electron chi connectivity index (χ0n) is 17.7. The minimum Gasteiger partial charge on any atom is -0.264 e. The fraction of sp³-hybridized carbons (Fsp3) is 0.107. The third kappa shape index (κ3) is 3.59. The summed E-state index contributed by atoms with van der Waals surface area (Å²) < 4.78 is 0. The molecule has 2 aromatic carbocycles. The standard InChI is InChI=1S/C28H23N3/c1-19-24-17-22(28(23-11-8-15-29-18-23)26-12-6-7-16-30-26)13-14-25(24)31-20(2)27(19)21-9-4-3-5-10-21/h3-18,28H,1-2H3. The summed E-state index contributed by atoms with van der Waals surface area (Å²) in [6, 6.07) is 27.3. The van der Waals surface area contributed by atoms with Crippen molar-refractivity contribution in [1.82, 2.24) is 15.0 Å². The average Bonchev–Trinajstić information content (AvgIpc) is 2.82. The SMILES string of the molecule is Cc1nc2ccc(C(c3cccnc3)c3ccccn3)cc2c(C)c1-c1ccccc1. The van der Waals surface area contributed by atoms with E-state index in [0.29, 0.717) is 0 Å². The average molecular weight is 402 g/mol. The molecule has 1 unspecified atom stereocenters. The second-order valence-corrected chi connectivity index (χ2v) is 7.81. The van der Waals surface area contributed by atoms with Gasteiger partial charge in [-0.3, -0.25) is 15.0 Å². The number of hydrogen-bond acceptors (Lipinski definition) is 3. The molecule has 0 saturated carbocycles. The number of hydrogen-bond donors (Lipinski definition) is 0. The zero-order valence-corrected chi connectivity index (χ0v) is 17.7. The Balaban J connectivity index is 1.73. The Bertz CT molecular complexity index is 1290. The van der Waals surface area contributed by atoms with Crippen LogP contribution in [0.3, 0.4) is 0 Å². The number of rotatable bonds is 4. The Morgan fingerprint density at radius 2 is 1.58 bits per heavy atom. The monoisotopic (exact) mass is 401 g/mol. The minimum absolute atomic E-state index is 0.0141. The van der Waals surface area contributed by atoms with E-state index in [4.69, 9.17) is 4.98 Å². The van der Waals surface area contributed by atoms with Crippen LogP contribution in [0.5, 0.6) is 0 Å². The lowest BCUT2D eigenvalue weighted by Crippen LogP contribution is -2.06. The fourth-order valence-electron chi connectivity index (χ4n) is 4.43. The summed E-state index contributed by atoms with van der Waals surface area (Å²) in [5, 5.41) is 1.17. The smallest absolute Gasteiger partial charge is 0.0708 e. The first-order valence-corrected chi connectivity index (χ1v) is 10.5. The lowest BCUT2D eigenvalue weighted by atomic mass is 9.87.